The maximum Gasteiger partial charge on any atom is 0.507 e. The highest BCUT2D eigenvalue weighted by molar-refractivity contribution is 7.77. The molecule has 108 valence electrons. The van der Waals surface area contributed by atoms with Gasteiger partial charge in [-0.3, -0.25) is 4.55 Å². The fourth-order valence-corrected chi connectivity index (χ4v) is 1.99. The molecule has 0 radical (unpaired) electrons. The first-order valence-corrected chi connectivity index (χ1v) is 5.92. The first-order valence-electron chi connectivity index (χ1n) is 4.86. The molecule has 0 bridgehead atoms. The zero-order valence-electron chi connectivity index (χ0n) is 9.09. The molecule has 1 aromatic carbocycles. The average molecular weight is 313 g/mol. The van der Waals surface area contributed by atoms with Crippen LogP contribution in [0.5, 0.6) is 11.5 Å². The van der Waals surface area contributed by atoms with Crippen molar-refractivity contribution in [2.45, 2.75) is 12.2 Å². The lowest BCUT2D eigenvalue weighted by molar-refractivity contribution is -0.391. The largest absolute Gasteiger partial charge is 0.507 e. The molecule has 1 atom stereocenters. The molecule has 0 saturated carbocycles. The molecule has 0 saturated heterocycles. The van der Waals surface area contributed by atoms with Crippen LogP contribution in [0.25, 0.3) is 11.0 Å². The van der Waals surface area contributed by atoms with Crippen LogP contribution >= 0.6 is 0 Å². The van der Waals surface area contributed by atoms with Gasteiger partial charge in [-0.15, -0.1) is 9.19 Å². The minimum atomic E-state index is -4.87. The Morgan fingerprint density at radius 3 is 2.25 bits per heavy atom. The Balaban J connectivity index is 2.20. The van der Waals surface area contributed by atoms with Crippen molar-refractivity contribution >= 4 is 22.3 Å². The van der Waals surface area contributed by atoms with Crippen molar-refractivity contribution in [1.82, 2.24) is 14.4 Å². The molecular formula is C8H3F4N3O4S. The molecule has 0 fully saturated rings. The molecule has 0 aliphatic carbocycles. The maximum atomic E-state index is 13.0. The highest BCUT2D eigenvalue weighted by atomic mass is 32.2. The first-order chi connectivity index (χ1) is 9.21. The molecule has 1 unspecified atom stereocenters. The summed E-state index contributed by atoms with van der Waals surface area (Å²) in [6.07, 6.45) is -9.71. The van der Waals surface area contributed by atoms with Crippen LogP contribution in [0.2, 0.25) is 0 Å². The van der Waals surface area contributed by atoms with E-state index in [-0.39, 0.29) is 11.0 Å². The van der Waals surface area contributed by atoms with E-state index in [2.05, 4.69) is 19.8 Å². The van der Waals surface area contributed by atoms with Gasteiger partial charge in [0.1, 0.15) is 11.0 Å². The van der Waals surface area contributed by atoms with Crippen LogP contribution < -0.4 is 9.47 Å². The number of alkyl halides is 4. The third-order valence-corrected chi connectivity index (χ3v) is 3.01. The fourth-order valence-electron chi connectivity index (χ4n) is 1.58. The number of hydrogen-bond donors (Lipinski definition) is 1. The Kier molecular flexibility index (Phi) is 2.47. The van der Waals surface area contributed by atoms with Crippen LogP contribution in [-0.4, -0.2) is 35.4 Å². The Morgan fingerprint density at radius 1 is 1.15 bits per heavy atom. The normalized spacial score (nSPS) is 20.9. The lowest BCUT2D eigenvalue weighted by atomic mass is 10.2. The Hall–Kier alpha value is -1.95. The lowest BCUT2D eigenvalue weighted by Gasteiger charge is -2.31. The molecule has 2 aromatic rings. The van der Waals surface area contributed by atoms with Crippen LogP contribution in [0.1, 0.15) is 0 Å². The molecule has 1 aromatic heterocycles. The van der Waals surface area contributed by atoms with Crippen molar-refractivity contribution in [3.05, 3.63) is 12.1 Å². The molecule has 7 nitrogen and oxygen atoms in total. The van der Waals surface area contributed by atoms with E-state index in [1.54, 1.807) is 0 Å². The van der Waals surface area contributed by atoms with Crippen molar-refractivity contribution in [3.63, 3.8) is 0 Å². The zero-order chi connectivity index (χ0) is 14.7. The second kappa shape index (κ2) is 3.79. The number of halogens is 4. The number of benzene rings is 1. The second-order valence-corrected chi connectivity index (χ2v) is 4.53. The SMILES string of the molecule is O=S(O)n1nnc2cc3c(cc21)OC(F)(F)C(F)(F)O3. The topological polar surface area (TPSA) is 86.5 Å². The smallest absolute Gasteiger partial charge is 0.421 e. The standard InChI is InChI=1S/C8H3F4N3O4S/c9-7(10)8(11,12)19-6-2-4-3(1-5(6)18-7)13-14-15(4)20(16)17/h1-2H,(H,16,17). The maximum absolute atomic E-state index is 13.0. The molecule has 1 aliphatic heterocycles. The van der Waals surface area contributed by atoms with Gasteiger partial charge in [0.15, 0.2) is 11.5 Å². The van der Waals surface area contributed by atoms with Crippen LogP contribution in [0.15, 0.2) is 12.1 Å². The van der Waals surface area contributed by atoms with Crippen molar-refractivity contribution in [2.24, 2.45) is 0 Å². The van der Waals surface area contributed by atoms with Gasteiger partial charge in [-0.25, -0.2) is 4.21 Å². The van der Waals surface area contributed by atoms with Gasteiger partial charge in [0.25, 0.3) is 11.3 Å². The van der Waals surface area contributed by atoms with Gasteiger partial charge in [-0.05, 0) is 0 Å². The molecule has 20 heavy (non-hydrogen) atoms. The van der Waals surface area contributed by atoms with E-state index in [9.17, 15) is 21.8 Å². The minimum absolute atomic E-state index is 0.101. The highest BCUT2D eigenvalue weighted by Gasteiger charge is 2.66. The summed E-state index contributed by atoms with van der Waals surface area (Å²) in [7, 11) is 0. The van der Waals surface area contributed by atoms with Crippen LogP contribution in [0, 0.1) is 0 Å². The monoisotopic (exact) mass is 313 g/mol. The van der Waals surface area contributed by atoms with Gasteiger partial charge >= 0.3 is 12.2 Å². The van der Waals surface area contributed by atoms with E-state index in [0.717, 1.165) is 12.1 Å². The van der Waals surface area contributed by atoms with E-state index in [1.165, 1.54) is 0 Å². The van der Waals surface area contributed by atoms with E-state index < -0.39 is 35.0 Å². The van der Waals surface area contributed by atoms with E-state index in [1.807, 2.05) is 0 Å². The first kappa shape index (κ1) is 13.1. The molecule has 3 rings (SSSR count). The molecule has 0 amide bonds. The second-order valence-electron chi connectivity index (χ2n) is 3.72. The number of nitrogens with zero attached hydrogens (tertiary/aromatic N) is 3. The van der Waals surface area contributed by atoms with Gasteiger partial charge in [-0.2, -0.15) is 17.6 Å². The summed E-state index contributed by atoms with van der Waals surface area (Å²) in [5.74, 6) is -1.40. The van der Waals surface area contributed by atoms with Crippen LogP contribution in [-0.2, 0) is 11.3 Å². The third-order valence-electron chi connectivity index (χ3n) is 2.44. The third kappa shape index (κ3) is 1.71. The van der Waals surface area contributed by atoms with Crippen molar-refractivity contribution in [2.75, 3.05) is 0 Å². The summed E-state index contributed by atoms with van der Waals surface area (Å²) in [6.45, 7) is 0. The number of ether oxygens (including phenoxy) is 2. The van der Waals surface area contributed by atoms with Crippen molar-refractivity contribution < 1.29 is 35.8 Å². The molecule has 12 heteroatoms. The van der Waals surface area contributed by atoms with E-state index in [4.69, 9.17) is 4.55 Å². The average Bonchev–Trinajstić information content (AvgIpc) is 2.69. The Bertz CT molecular complexity index is 734. The predicted molar refractivity (Wildman–Crippen MR) is 54.8 cm³/mol. The predicted octanol–water partition coefficient (Wildman–Crippen LogP) is 1.37. The minimum Gasteiger partial charge on any atom is -0.421 e. The zero-order valence-corrected chi connectivity index (χ0v) is 9.90. The number of hydrogen-bond acceptors (Lipinski definition) is 5. The summed E-state index contributed by atoms with van der Waals surface area (Å²) in [4.78, 5) is 0. The van der Waals surface area contributed by atoms with Crippen LogP contribution in [0.4, 0.5) is 17.6 Å². The molecule has 1 aliphatic rings. The Labute approximate surface area is 109 Å². The summed E-state index contributed by atoms with van der Waals surface area (Å²) in [5.41, 5.74) is -0.259. The number of fused-ring (bicyclic) bond motifs is 2. The van der Waals surface area contributed by atoms with Gasteiger partial charge in [0.05, 0.1) is 0 Å². The van der Waals surface area contributed by atoms with Crippen molar-refractivity contribution in [1.29, 1.82) is 0 Å². The molecule has 1 N–H and O–H groups in total. The van der Waals surface area contributed by atoms with Gasteiger partial charge in [-0.1, -0.05) is 5.21 Å². The van der Waals surface area contributed by atoms with Gasteiger partial charge in [0.2, 0.25) is 0 Å². The van der Waals surface area contributed by atoms with E-state index in [0.29, 0.717) is 4.09 Å². The highest BCUT2D eigenvalue weighted by Crippen LogP contribution is 2.47. The molecular weight excluding hydrogens is 310 g/mol. The number of aromatic nitrogens is 3. The summed E-state index contributed by atoms with van der Waals surface area (Å²) >= 11 is -2.60. The van der Waals surface area contributed by atoms with Crippen molar-refractivity contribution in [3.8, 4) is 11.5 Å². The van der Waals surface area contributed by atoms with Gasteiger partial charge < -0.3 is 9.47 Å². The fraction of sp³-hybridized carbons (Fsp3) is 0.250. The summed E-state index contributed by atoms with van der Waals surface area (Å²) in [6, 6.07) is 1.66. The lowest BCUT2D eigenvalue weighted by Crippen LogP contribution is -2.52. The summed E-state index contributed by atoms with van der Waals surface area (Å²) in [5, 5.41) is 6.69. The molecule has 0 spiro atoms. The van der Waals surface area contributed by atoms with Crippen LogP contribution in [0.3, 0.4) is 0 Å². The summed E-state index contributed by atoms with van der Waals surface area (Å²) < 4.78 is 80.0. The molecule has 2 heterocycles. The number of rotatable bonds is 1. The van der Waals surface area contributed by atoms with Gasteiger partial charge in [0, 0.05) is 12.1 Å². The Morgan fingerprint density at radius 2 is 1.70 bits per heavy atom. The van der Waals surface area contributed by atoms with E-state index >= 15 is 0 Å². The quantitative estimate of drug-likeness (QED) is 0.632.